The Morgan fingerprint density at radius 2 is 1.50 bits per heavy atom. The van der Waals surface area contributed by atoms with Crippen molar-refractivity contribution in [1.29, 1.82) is 0 Å². The molecule has 116 valence electrons. The van der Waals surface area contributed by atoms with Gasteiger partial charge in [0.25, 0.3) is 5.56 Å². The summed E-state index contributed by atoms with van der Waals surface area (Å²) in [5, 5.41) is 10.8. The third kappa shape index (κ3) is 2.25. The maximum absolute atomic E-state index is 12.5. The first-order chi connectivity index (χ1) is 11.8. The van der Waals surface area contributed by atoms with Crippen molar-refractivity contribution in [2.24, 2.45) is 0 Å². The minimum absolute atomic E-state index is 0.00497. The number of aromatic nitrogens is 2. The summed E-state index contributed by atoms with van der Waals surface area (Å²) in [5.74, 6) is -0.00497. The van der Waals surface area contributed by atoms with Crippen molar-refractivity contribution in [3.63, 3.8) is 0 Å². The van der Waals surface area contributed by atoms with E-state index in [9.17, 15) is 9.90 Å². The monoisotopic (exact) mass is 314 g/mol. The van der Waals surface area contributed by atoms with Gasteiger partial charge in [-0.15, -0.1) is 0 Å². The highest BCUT2D eigenvalue weighted by molar-refractivity contribution is 6.04. The Bertz CT molecular complexity index is 1070. The lowest BCUT2D eigenvalue weighted by Gasteiger charge is -2.14. The molecule has 2 N–H and O–H groups in total. The predicted molar refractivity (Wildman–Crippen MR) is 94.9 cm³/mol. The molecule has 0 aliphatic heterocycles. The van der Waals surface area contributed by atoms with Crippen molar-refractivity contribution in [3.8, 4) is 28.0 Å². The van der Waals surface area contributed by atoms with Gasteiger partial charge < -0.3 is 10.1 Å². The first kappa shape index (κ1) is 14.2. The average Bonchev–Trinajstić information content (AvgIpc) is 2.64. The number of nitrogens with one attached hydrogen (secondary N) is 1. The van der Waals surface area contributed by atoms with Crippen LogP contribution in [0.4, 0.5) is 0 Å². The first-order valence-corrected chi connectivity index (χ1v) is 7.60. The van der Waals surface area contributed by atoms with Crippen LogP contribution in [0.25, 0.3) is 33.2 Å². The number of aromatic hydroxyl groups is 1. The summed E-state index contributed by atoms with van der Waals surface area (Å²) in [6.07, 6.45) is 1.31. The summed E-state index contributed by atoms with van der Waals surface area (Å²) in [7, 11) is 0. The second-order valence-corrected chi connectivity index (χ2v) is 5.51. The molecule has 0 radical (unpaired) electrons. The van der Waals surface area contributed by atoms with E-state index in [0.717, 1.165) is 22.3 Å². The normalized spacial score (nSPS) is 10.8. The second-order valence-electron chi connectivity index (χ2n) is 5.51. The van der Waals surface area contributed by atoms with Crippen LogP contribution >= 0.6 is 0 Å². The Kier molecular flexibility index (Phi) is 3.35. The number of phenols is 1. The smallest absolute Gasteiger partial charge is 0.259 e. The van der Waals surface area contributed by atoms with E-state index in [1.807, 2.05) is 60.7 Å². The van der Waals surface area contributed by atoms with Gasteiger partial charge in [0.2, 0.25) is 0 Å². The highest BCUT2D eigenvalue weighted by atomic mass is 16.3. The van der Waals surface area contributed by atoms with Crippen LogP contribution in [0.5, 0.6) is 5.75 Å². The lowest BCUT2D eigenvalue weighted by atomic mass is 9.91. The molecule has 1 aromatic heterocycles. The first-order valence-electron chi connectivity index (χ1n) is 7.60. The van der Waals surface area contributed by atoms with Crippen LogP contribution in [-0.4, -0.2) is 15.1 Å². The summed E-state index contributed by atoms with van der Waals surface area (Å²) in [4.78, 5) is 19.3. The molecule has 0 unspecified atom stereocenters. The molecule has 0 fully saturated rings. The average molecular weight is 314 g/mol. The van der Waals surface area contributed by atoms with Gasteiger partial charge in [0.15, 0.2) is 0 Å². The molecule has 0 spiro atoms. The SMILES string of the molecule is O=c1[nH]cnc2c(O)cc(-c3ccccc3)c(-c3ccccc3)c12. The van der Waals surface area contributed by atoms with E-state index in [1.165, 1.54) is 6.33 Å². The molecule has 4 rings (SSSR count). The number of rotatable bonds is 2. The molecule has 0 bridgehead atoms. The molecular weight excluding hydrogens is 300 g/mol. The molecule has 0 aliphatic rings. The van der Waals surface area contributed by atoms with E-state index in [1.54, 1.807) is 6.07 Å². The van der Waals surface area contributed by atoms with Gasteiger partial charge in [-0.3, -0.25) is 4.79 Å². The highest BCUT2D eigenvalue weighted by Gasteiger charge is 2.18. The van der Waals surface area contributed by atoms with Gasteiger partial charge in [-0.1, -0.05) is 60.7 Å². The standard InChI is InChI=1S/C20H14N2O2/c23-16-11-15(13-7-3-1-4-8-13)17(14-9-5-2-6-10-14)18-19(16)21-12-22-20(18)24/h1-12,23H,(H,21,22,24). The third-order valence-electron chi connectivity index (χ3n) is 4.04. The second kappa shape index (κ2) is 5.66. The number of H-pyrrole nitrogens is 1. The highest BCUT2D eigenvalue weighted by Crippen LogP contribution is 2.39. The van der Waals surface area contributed by atoms with Gasteiger partial charge in [-0.25, -0.2) is 4.98 Å². The molecule has 0 saturated carbocycles. The van der Waals surface area contributed by atoms with E-state index in [2.05, 4.69) is 9.97 Å². The van der Waals surface area contributed by atoms with Crippen LogP contribution in [0.3, 0.4) is 0 Å². The molecule has 3 aromatic carbocycles. The van der Waals surface area contributed by atoms with Gasteiger partial charge in [0, 0.05) is 5.56 Å². The number of fused-ring (bicyclic) bond motifs is 1. The number of phenolic OH excluding ortho intramolecular Hbond substituents is 1. The zero-order chi connectivity index (χ0) is 16.5. The molecule has 1 heterocycles. The minimum Gasteiger partial charge on any atom is -0.506 e. The van der Waals surface area contributed by atoms with Crippen molar-refractivity contribution >= 4 is 10.9 Å². The lowest BCUT2D eigenvalue weighted by molar-refractivity contribution is 0.480. The zero-order valence-electron chi connectivity index (χ0n) is 12.7. The summed E-state index contributed by atoms with van der Waals surface area (Å²) in [6, 6.07) is 21.0. The zero-order valence-corrected chi connectivity index (χ0v) is 12.7. The third-order valence-corrected chi connectivity index (χ3v) is 4.04. The molecule has 0 saturated heterocycles. The quantitative estimate of drug-likeness (QED) is 0.588. The molecule has 4 aromatic rings. The van der Waals surface area contributed by atoms with Crippen molar-refractivity contribution in [1.82, 2.24) is 9.97 Å². The van der Waals surface area contributed by atoms with Gasteiger partial charge >= 0.3 is 0 Å². The van der Waals surface area contributed by atoms with Crippen LogP contribution in [0.1, 0.15) is 0 Å². The summed E-state index contributed by atoms with van der Waals surface area (Å²) < 4.78 is 0. The van der Waals surface area contributed by atoms with E-state index in [0.29, 0.717) is 10.9 Å². The molecule has 4 nitrogen and oxygen atoms in total. The Balaban J connectivity index is 2.21. The Morgan fingerprint density at radius 3 is 2.17 bits per heavy atom. The van der Waals surface area contributed by atoms with Gasteiger partial charge in [0.05, 0.1) is 11.7 Å². The molecule has 24 heavy (non-hydrogen) atoms. The van der Waals surface area contributed by atoms with Crippen molar-refractivity contribution < 1.29 is 5.11 Å². The Labute approximate surface area is 138 Å². The molecule has 0 atom stereocenters. The van der Waals surface area contributed by atoms with Gasteiger partial charge in [0.1, 0.15) is 11.3 Å². The summed E-state index contributed by atoms with van der Waals surface area (Å²) in [6.45, 7) is 0. The van der Waals surface area contributed by atoms with Crippen LogP contribution in [0, 0.1) is 0 Å². The molecule has 4 heteroatoms. The number of hydrogen-bond acceptors (Lipinski definition) is 3. The summed E-state index contributed by atoms with van der Waals surface area (Å²) in [5.41, 5.74) is 3.43. The number of hydrogen-bond donors (Lipinski definition) is 2. The lowest BCUT2D eigenvalue weighted by Crippen LogP contribution is -2.08. The minimum atomic E-state index is -0.271. The van der Waals surface area contributed by atoms with Gasteiger partial charge in [-0.2, -0.15) is 0 Å². The largest absolute Gasteiger partial charge is 0.506 e. The van der Waals surface area contributed by atoms with Crippen LogP contribution in [0.2, 0.25) is 0 Å². The molecular formula is C20H14N2O2. The number of benzene rings is 3. The Morgan fingerprint density at radius 1 is 0.875 bits per heavy atom. The van der Waals surface area contributed by atoms with E-state index >= 15 is 0 Å². The maximum atomic E-state index is 12.5. The molecule has 0 amide bonds. The molecule has 0 aliphatic carbocycles. The van der Waals surface area contributed by atoms with Crippen molar-refractivity contribution in [2.45, 2.75) is 0 Å². The predicted octanol–water partition coefficient (Wildman–Crippen LogP) is 3.96. The van der Waals surface area contributed by atoms with Crippen LogP contribution in [-0.2, 0) is 0 Å². The summed E-state index contributed by atoms with van der Waals surface area (Å²) >= 11 is 0. The fraction of sp³-hybridized carbons (Fsp3) is 0. The van der Waals surface area contributed by atoms with Crippen molar-refractivity contribution in [2.75, 3.05) is 0 Å². The topological polar surface area (TPSA) is 66.0 Å². The van der Waals surface area contributed by atoms with E-state index in [-0.39, 0.29) is 11.3 Å². The fourth-order valence-electron chi connectivity index (χ4n) is 2.99. The van der Waals surface area contributed by atoms with Crippen LogP contribution in [0.15, 0.2) is 77.9 Å². The number of aromatic amines is 1. The Hall–Kier alpha value is -3.40. The van der Waals surface area contributed by atoms with E-state index in [4.69, 9.17) is 0 Å². The van der Waals surface area contributed by atoms with Crippen molar-refractivity contribution in [3.05, 3.63) is 83.4 Å². The maximum Gasteiger partial charge on any atom is 0.259 e. The van der Waals surface area contributed by atoms with Crippen LogP contribution < -0.4 is 5.56 Å². The fourth-order valence-corrected chi connectivity index (χ4v) is 2.99. The van der Waals surface area contributed by atoms with Gasteiger partial charge in [-0.05, 0) is 22.8 Å². The van der Waals surface area contributed by atoms with E-state index < -0.39 is 0 Å². The number of nitrogens with zero attached hydrogens (tertiary/aromatic N) is 1.